The van der Waals surface area contributed by atoms with Gasteiger partial charge < -0.3 is 5.73 Å². The number of nitrogens with two attached hydrogens (primary N) is 1. The highest BCUT2D eigenvalue weighted by atomic mass is 19.1. The summed E-state index contributed by atoms with van der Waals surface area (Å²) < 4.78 is 12.3. The van der Waals surface area contributed by atoms with Crippen LogP contribution in [0.2, 0.25) is 0 Å². The van der Waals surface area contributed by atoms with Gasteiger partial charge in [0, 0.05) is 18.6 Å². The van der Waals surface area contributed by atoms with Gasteiger partial charge in [-0.1, -0.05) is 13.8 Å². The highest BCUT2D eigenvalue weighted by Gasteiger charge is 2.27. The summed E-state index contributed by atoms with van der Waals surface area (Å²) in [4.78, 5) is 2.16. The van der Waals surface area contributed by atoms with Gasteiger partial charge in [0.25, 0.3) is 0 Å². The quantitative estimate of drug-likeness (QED) is 0.663. The van der Waals surface area contributed by atoms with Crippen LogP contribution in [0, 0.1) is 0 Å². The number of hydrogen-bond donors (Lipinski definition) is 1. The predicted octanol–water partition coefficient (Wildman–Crippen LogP) is 1.80. The molecule has 0 rings (SSSR count). The van der Waals surface area contributed by atoms with Gasteiger partial charge in [-0.15, -0.1) is 0 Å². The van der Waals surface area contributed by atoms with Crippen LogP contribution in [-0.2, 0) is 0 Å². The van der Waals surface area contributed by atoms with Crippen molar-refractivity contribution < 1.29 is 4.39 Å². The molecule has 0 aromatic heterocycles. The zero-order chi connectivity index (χ0) is 10.3. The SMILES string of the molecule is CCCN(CCF)C(C)(CC)CN. The van der Waals surface area contributed by atoms with Crippen molar-refractivity contribution in [2.24, 2.45) is 5.73 Å². The van der Waals surface area contributed by atoms with Gasteiger partial charge in [-0.3, -0.25) is 4.90 Å². The molecule has 0 amide bonds. The van der Waals surface area contributed by atoms with Crippen LogP contribution in [0.3, 0.4) is 0 Å². The standard InChI is InChI=1S/C10H23FN2/c1-4-7-13(8-6-11)10(3,5-2)9-12/h4-9,12H2,1-3H3. The molecule has 0 bridgehead atoms. The summed E-state index contributed by atoms with van der Waals surface area (Å²) in [6.45, 7) is 8.09. The first-order valence-electron chi connectivity index (χ1n) is 5.15. The molecule has 0 aliphatic heterocycles. The van der Waals surface area contributed by atoms with Crippen LogP contribution in [0.15, 0.2) is 0 Å². The second kappa shape index (κ2) is 6.33. The molecule has 0 saturated heterocycles. The fraction of sp³-hybridized carbons (Fsp3) is 1.00. The lowest BCUT2D eigenvalue weighted by atomic mass is 9.96. The van der Waals surface area contributed by atoms with Crippen LogP contribution in [0.1, 0.15) is 33.6 Å². The molecular weight excluding hydrogens is 167 g/mol. The van der Waals surface area contributed by atoms with Crippen LogP contribution in [0.25, 0.3) is 0 Å². The third kappa shape index (κ3) is 3.61. The van der Waals surface area contributed by atoms with Gasteiger partial charge >= 0.3 is 0 Å². The fourth-order valence-electron chi connectivity index (χ4n) is 1.52. The number of alkyl halides is 1. The van der Waals surface area contributed by atoms with E-state index < -0.39 is 0 Å². The van der Waals surface area contributed by atoms with Crippen molar-refractivity contribution in [3.63, 3.8) is 0 Å². The van der Waals surface area contributed by atoms with Gasteiger partial charge in [0.15, 0.2) is 0 Å². The van der Waals surface area contributed by atoms with E-state index in [1.54, 1.807) is 0 Å². The largest absolute Gasteiger partial charge is 0.329 e. The lowest BCUT2D eigenvalue weighted by molar-refractivity contribution is 0.0974. The smallest absolute Gasteiger partial charge is 0.102 e. The summed E-state index contributed by atoms with van der Waals surface area (Å²) in [5.41, 5.74) is 5.69. The summed E-state index contributed by atoms with van der Waals surface area (Å²) in [7, 11) is 0. The number of rotatable bonds is 7. The Kier molecular flexibility index (Phi) is 6.25. The fourth-order valence-corrected chi connectivity index (χ4v) is 1.52. The Morgan fingerprint density at radius 1 is 1.31 bits per heavy atom. The maximum atomic E-state index is 12.3. The van der Waals surface area contributed by atoms with Crippen molar-refractivity contribution >= 4 is 0 Å². The van der Waals surface area contributed by atoms with E-state index in [1.165, 1.54) is 0 Å². The minimum atomic E-state index is -0.282. The third-order valence-corrected chi connectivity index (χ3v) is 2.81. The Balaban J connectivity index is 4.28. The Morgan fingerprint density at radius 2 is 1.92 bits per heavy atom. The topological polar surface area (TPSA) is 29.3 Å². The zero-order valence-corrected chi connectivity index (χ0v) is 9.15. The second-order valence-electron chi connectivity index (χ2n) is 3.73. The van der Waals surface area contributed by atoms with Crippen molar-refractivity contribution in [2.45, 2.75) is 39.2 Å². The summed E-state index contributed by atoms with van der Waals surface area (Å²) in [6.07, 6.45) is 2.03. The second-order valence-corrected chi connectivity index (χ2v) is 3.73. The van der Waals surface area contributed by atoms with E-state index in [1.807, 2.05) is 0 Å². The molecule has 0 spiro atoms. The van der Waals surface area contributed by atoms with E-state index in [9.17, 15) is 4.39 Å². The van der Waals surface area contributed by atoms with Gasteiger partial charge in [-0.05, 0) is 26.3 Å². The van der Waals surface area contributed by atoms with Crippen molar-refractivity contribution in [2.75, 3.05) is 26.3 Å². The Hall–Kier alpha value is -0.150. The van der Waals surface area contributed by atoms with Crippen molar-refractivity contribution in [1.82, 2.24) is 4.90 Å². The molecule has 0 saturated carbocycles. The van der Waals surface area contributed by atoms with Crippen LogP contribution >= 0.6 is 0 Å². The average Bonchev–Trinajstić information content (AvgIpc) is 2.16. The third-order valence-electron chi connectivity index (χ3n) is 2.81. The number of hydrogen-bond acceptors (Lipinski definition) is 2. The molecule has 0 aromatic carbocycles. The lowest BCUT2D eigenvalue weighted by Crippen LogP contribution is -2.52. The van der Waals surface area contributed by atoms with Gasteiger partial charge in [0.05, 0.1) is 0 Å². The summed E-state index contributed by atoms with van der Waals surface area (Å²) in [6, 6.07) is 0. The molecule has 0 aliphatic carbocycles. The molecule has 2 nitrogen and oxygen atoms in total. The molecule has 1 atom stereocenters. The normalized spacial score (nSPS) is 16.2. The Bertz CT molecular complexity index is 118. The van der Waals surface area contributed by atoms with Gasteiger partial charge in [-0.2, -0.15) is 0 Å². The Labute approximate surface area is 81.3 Å². The zero-order valence-electron chi connectivity index (χ0n) is 9.15. The van der Waals surface area contributed by atoms with Crippen molar-refractivity contribution in [3.8, 4) is 0 Å². The van der Waals surface area contributed by atoms with Crippen molar-refractivity contribution in [1.29, 1.82) is 0 Å². The highest BCUT2D eigenvalue weighted by Crippen LogP contribution is 2.17. The molecule has 0 heterocycles. The summed E-state index contributed by atoms with van der Waals surface area (Å²) in [5.74, 6) is 0. The average molecular weight is 190 g/mol. The van der Waals surface area contributed by atoms with E-state index in [4.69, 9.17) is 5.73 Å². The Morgan fingerprint density at radius 3 is 2.23 bits per heavy atom. The maximum Gasteiger partial charge on any atom is 0.102 e. The minimum Gasteiger partial charge on any atom is -0.329 e. The summed E-state index contributed by atoms with van der Waals surface area (Å²) >= 11 is 0. The van der Waals surface area contributed by atoms with Crippen LogP contribution in [-0.4, -0.2) is 36.7 Å². The molecule has 80 valence electrons. The number of nitrogens with zero attached hydrogens (tertiary/aromatic N) is 1. The molecule has 0 aromatic rings. The first-order valence-corrected chi connectivity index (χ1v) is 5.15. The first-order chi connectivity index (χ1) is 6.14. The van der Waals surface area contributed by atoms with E-state index in [0.29, 0.717) is 13.1 Å². The van der Waals surface area contributed by atoms with Crippen LogP contribution in [0.5, 0.6) is 0 Å². The molecule has 0 fully saturated rings. The predicted molar refractivity (Wildman–Crippen MR) is 55.6 cm³/mol. The van der Waals surface area contributed by atoms with E-state index in [-0.39, 0.29) is 12.2 Å². The first kappa shape index (κ1) is 12.8. The van der Waals surface area contributed by atoms with E-state index in [0.717, 1.165) is 19.4 Å². The highest BCUT2D eigenvalue weighted by molar-refractivity contribution is 4.85. The molecule has 0 aliphatic rings. The van der Waals surface area contributed by atoms with E-state index >= 15 is 0 Å². The molecule has 3 heteroatoms. The monoisotopic (exact) mass is 190 g/mol. The lowest BCUT2D eigenvalue weighted by Gasteiger charge is -2.39. The minimum absolute atomic E-state index is 0.0257. The maximum absolute atomic E-state index is 12.3. The van der Waals surface area contributed by atoms with Crippen molar-refractivity contribution in [3.05, 3.63) is 0 Å². The number of halogens is 1. The van der Waals surface area contributed by atoms with Gasteiger partial charge in [-0.25, -0.2) is 4.39 Å². The van der Waals surface area contributed by atoms with Crippen LogP contribution in [0.4, 0.5) is 4.39 Å². The molecule has 0 radical (unpaired) electrons. The molecule has 13 heavy (non-hydrogen) atoms. The molecule has 2 N–H and O–H groups in total. The van der Waals surface area contributed by atoms with Crippen LogP contribution < -0.4 is 5.73 Å². The van der Waals surface area contributed by atoms with E-state index in [2.05, 4.69) is 25.7 Å². The van der Waals surface area contributed by atoms with Gasteiger partial charge in [0.1, 0.15) is 6.67 Å². The molecule has 1 unspecified atom stereocenters. The molecular formula is C10H23FN2. The summed E-state index contributed by atoms with van der Waals surface area (Å²) in [5, 5.41) is 0. The van der Waals surface area contributed by atoms with Gasteiger partial charge in [0.2, 0.25) is 0 Å².